The highest BCUT2D eigenvalue weighted by atomic mass is 79.9. The number of rotatable bonds is 2. The van der Waals surface area contributed by atoms with E-state index < -0.39 is 0 Å². The smallest absolute Gasteiger partial charge is 0.124 e. The van der Waals surface area contributed by atoms with E-state index >= 15 is 0 Å². The number of nitrogen functional groups attached to an aromatic ring is 1. The van der Waals surface area contributed by atoms with Gasteiger partial charge in [-0.3, -0.25) is 5.41 Å². The lowest BCUT2D eigenvalue weighted by atomic mass is 10.1. The molecule has 1 aliphatic heterocycles. The summed E-state index contributed by atoms with van der Waals surface area (Å²) in [5.74, 6) is 1.01. The van der Waals surface area contributed by atoms with Gasteiger partial charge < -0.3 is 10.6 Å². The van der Waals surface area contributed by atoms with Crippen LogP contribution in [0.1, 0.15) is 24.8 Å². The molecule has 0 radical (unpaired) electrons. The summed E-state index contributed by atoms with van der Waals surface area (Å²) in [4.78, 5) is 2.44. The van der Waals surface area contributed by atoms with Gasteiger partial charge in [0.15, 0.2) is 0 Å². The van der Waals surface area contributed by atoms with Crippen LogP contribution >= 0.6 is 15.9 Å². The van der Waals surface area contributed by atoms with E-state index in [9.17, 15) is 0 Å². The summed E-state index contributed by atoms with van der Waals surface area (Å²) in [5, 5.41) is 7.68. The van der Waals surface area contributed by atoms with E-state index in [1.54, 1.807) is 0 Å². The summed E-state index contributed by atoms with van der Waals surface area (Å²) < 4.78 is 1.06. The van der Waals surface area contributed by atoms with Crippen LogP contribution in [-0.2, 0) is 0 Å². The molecule has 2 atom stereocenters. The van der Waals surface area contributed by atoms with Crippen molar-refractivity contribution in [2.45, 2.75) is 25.3 Å². The molecule has 2 aliphatic rings. The first-order valence-electron chi connectivity index (χ1n) is 6.05. The normalized spacial score (nSPS) is 26.5. The third-order valence-corrected chi connectivity index (χ3v) is 4.46. The topological polar surface area (TPSA) is 53.1 Å². The minimum atomic E-state index is 0.162. The maximum atomic E-state index is 7.68. The van der Waals surface area contributed by atoms with Crippen LogP contribution in [0, 0.1) is 11.3 Å². The molecule has 1 saturated carbocycles. The molecule has 2 fully saturated rings. The van der Waals surface area contributed by atoms with Crippen molar-refractivity contribution < 1.29 is 0 Å². The number of piperidine rings is 1. The molecule has 3 nitrogen and oxygen atoms in total. The molecule has 2 bridgehead atoms. The van der Waals surface area contributed by atoms with Crippen molar-refractivity contribution >= 4 is 27.5 Å². The van der Waals surface area contributed by atoms with Gasteiger partial charge in [-0.05, 0) is 43.4 Å². The summed E-state index contributed by atoms with van der Waals surface area (Å²) in [5.41, 5.74) is 7.66. The van der Waals surface area contributed by atoms with Gasteiger partial charge in [0.1, 0.15) is 5.84 Å². The zero-order chi connectivity index (χ0) is 12.0. The lowest BCUT2D eigenvalue weighted by Crippen LogP contribution is -2.33. The average molecular weight is 294 g/mol. The van der Waals surface area contributed by atoms with Gasteiger partial charge in [-0.2, -0.15) is 0 Å². The van der Waals surface area contributed by atoms with Crippen LogP contribution in [-0.4, -0.2) is 18.4 Å². The second-order valence-corrected chi connectivity index (χ2v) is 5.98. The maximum Gasteiger partial charge on any atom is 0.124 e. The molecular weight excluding hydrogens is 278 g/mol. The Morgan fingerprint density at radius 2 is 2.24 bits per heavy atom. The number of hydrogen-bond acceptors (Lipinski definition) is 2. The Kier molecular flexibility index (Phi) is 2.62. The van der Waals surface area contributed by atoms with Crippen LogP contribution in [0.3, 0.4) is 0 Å². The molecule has 4 heteroatoms. The molecule has 0 spiro atoms. The van der Waals surface area contributed by atoms with E-state index in [-0.39, 0.29) is 5.84 Å². The van der Waals surface area contributed by atoms with E-state index in [1.807, 2.05) is 12.1 Å². The molecule has 90 valence electrons. The van der Waals surface area contributed by atoms with Gasteiger partial charge >= 0.3 is 0 Å². The van der Waals surface area contributed by atoms with Crippen molar-refractivity contribution in [2.24, 2.45) is 11.7 Å². The minimum Gasteiger partial charge on any atom is -0.384 e. The van der Waals surface area contributed by atoms with Gasteiger partial charge in [0, 0.05) is 28.3 Å². The monoisotopic (exact) mass is 293 g/mol. The fourth-order valence-corrected chi connectivity index (χ4v) is 3.54. The molecular formula is C13H16BrN3. The first-order chi connectivity index (χ1) is 8.15. The number of halogens is 1. The van der Waals surface area contributed by atoms with Crippen molar-refractivity contribution in [1.82, 2.24) is 0 Å². The Balaban J connectivity index is 2.01. The van der Waals surface area contributed by atoms with Crippen molar-refractivity contribution in [1.29, 1.82) is 5.41 Å². The number of nitrogens with two attached hydrogens (primary N) is 1. The predicted octanol–water partition coefficient (Wildman–Crippen LogP) is 2.72. The standard InChI is InChI=1S/C13H16BrN3/c14-9-2-4-11(13(15)16)12(6-9)17-7-8-1-3-10(17)5-8/h2,4,6,8,10H,1,3,5,7H2,(H3,15,16). The molecule has 1 aliphatic carbocycles. The van der Waals surface area contributed by atoms with Crippen molar-refractivity contribution in [2.75, 3.05) is 11.4 Å². The molecule has 3 rings (SSSR count). The summed E-state index contributed by atoms with van der Waals surface area (Å²) in [6, 6.07) is 6.65. The van der Waals surface area contributed by atoms with Gasteiger partial charge in [0.2, 0.25) is 0 Å². The van der Waals surface area contributed by atoms with Gasteiger partial charge in [0.25, 0.3) is 0 Å². The van der Waals surface area contributed by atoms with Crippen molar-refractivity contribution in [3.05, 3.63) is 28.2 Å². The third kappa shape index (κ3) is 1.84. The van der Waals surface area contributed by atoms with Gasteiger partial charge in [-0.15, -0.1) is 0 Å². The van der Waals surface area contributed by atoms with Crippen LogP contribution in [0.4, 0.5) is 5.69 Å². The molecule has 0 amide bonds. The first kappa shape index (κ1) is 11.1. The van der Waals surface area contributed by atoms with Crippen LogP contribution in [0.25, 0.3) is 0 Å². The highest BCUT2D eigenvalue weighted by molar-refractivity contribution is 9.10. The fourth-order valence-electron chi connectivity index (χ4n) is 3.19. The number of nitrogens with one attached hydrogen (secondary N) is 1. The maximum absolute atomic E-state index is 7.68. The molecule has 1 aromatic carbocycles. The summed E-state index contributed by atoms with van der Waals surface area (Å²) in [6.45, 7) is 1.13. The first-order valence-corrected chi connectivity index (χ1v) is 6.85. The van der Waals surface area contributed by atoms with Crippen LogP contribution < -0.4 is 10.6 Å². The molecule has 1 aromatic rings. The number of benzene rings is 1. The van der Waals surface area contributed by atoms with E-state index in [1.165, 1.54) is 19.3 Å². The van der Waals surface area contributed by atoms with Crippen LogP contribution in [0.2, 0.25) is 0 Å². The third-order valence-electron chi connectivity index (χ3n) is 3.97. The number of amidine groups is 1. The molecule has 1 saturated heterocycles. The Morgan fingerprint density at radius 3 is 2.82 bits per heavy atom. The highest BCUT2D eigenvalue weighted by Crippen LogP contribution is 2.41. The summed E-state index contributed by atoms with van der Waals surface area (Å²) >= 11 is 3.51. The Bertz CT molecular complexity index is 472. The van der Waals surface area contributed by atoms with E-state index in [0.717, 1.165) is 28.2 Å². The molecule has 3 N–H and O–H groups in total. The zero-order valence-electron chi connectivity index (χ0n) is 9.62. The largest absolute Gasteiger partial charge is 0.384 e. The van der Waals surface area contributed by atoms with Crippen LogP contribution in [0.15, 0.2) is 22.7 Å². The fraction of sp³-hybridized carbons (Fsp3) is 0.462. The molecule has 0 aromatic heterocycles. The number of hydrogen-bond donors (Lipinski definition) is 2. The number of nitrogens with zero attached hydrogens (tertiary/aromatic N) is 1. The Hall–Kier alpha value is -1.03. The SMILES string of the molecule is N=C(N)c1ccc(Br)cc1N1CC2CCC1C2. The zero-order valence-corrected chi connectivity index (χ0v) is 11.2. The number of anilines is 1. The summed E-state index contributed by atoms with van der Waals surface area (Å²) in [7, 11) is 0. The highest BCUT2D eigenvalue weighted by Gasteiger charge is 2.38. The van der Waals surface area contributed by atoms with Gasteiger partial charge in [-0.25, -0.2) is 0 Å². The van der Waals surface area contributed by atoms with Crippen molar-refractivity contribution in [3.63, 3.8) is 0 Å². The lowest BCUT2D eigenvalue weighted by molar-refractivity contribution is 0.553. The van der Waals surface area contributed by atoms with Gasteiger partial charge in [-0.1, -0.05) is 15.9 Å². The average Bonchev–Trinajstić information content (AvgIpc) is 2.90. The second kappa shape index (κ2) is 4.02. The van der Waals surface area contributed by atoms with Crippen molar-refractivity contribution in [3.8, 4) is 0 Å². The number of fused-ring (bicyclic) bond motifs is 2. The van der Waals surface area contributed by atoms with Gasteiger partial charge in [0.05, 0.1) is 0 Å². The molecule has 17 heavy (non-hydrogen) atoms. The van der Waals surface area contributed by atoms with E-state index in [0.29, 0.717) is 6.04 Å². The van der Waals surface area contributed by atoms with E-state index in [2.05, 4.69) is 26.9 Å². The summed E-state index contributed by atoms with van der Waals surface area (Å²) in [6.07, 6.45) is 3.96. The minimum absolute atomic E-state index is 0.162. The molecule has 1 heterocycles. The predicted molar refractivity (Wildman–Crippen MR) is 73.6 cm³/mol. The quantitative estimate of drug-likeness (QED) is 0.651. The Labute approximate surface area is 110 Å². The lowest BCUT2D eigenvalue weighted by Gasteiger charge is -2.31. The van der Waals surface area contributed by atoms with E-state index in [4.69, 9.17) is 11.1 Å². The molecule has 2 unspecified atom stereocenters. The Morgan fingerprint density at radius 1 is 1.41 bits per heavy atom. The second-order valence-electron chi connectivity index (χ2n) is 5.06. The van der Waals surface area contributed by atoms with Crippen LogP contribution in [0.5, 0.6) is 0 Å².